The largest absolute Gasteiger partial charge is 0.496 e. The average Bonchev–Trinajstić information content (AvgIpc) is 2.86. The van der Waals surface area contributed by atoms with E-state index >= 15 is 0 Å². The summed E-state index contributed by atoms with van der Waals surface area (Å²) < 4.78 is 5.40. The summed E-state index contributed by atoms with van der Waals surface area (Å²) in [4.78, 5) is 13.7. The molecule has 1 heterocycles. The molecule has 3 nitrogen and oxygen atoms in total. The number of carbonyl (C=O) groups is 1. The number of rotatable bonds is 3. The number of hydrogen-bond donors (Lipinski definition) is 0. The van der Waals surface area contributed by atoms with Crippen LogP contribution < -0.4 is 4.74 Å². The highest BCUT2D eigenvalue weighted by atomic mass is 35.5. The zero-order chi connectivity index (χ0) is 13.1. The molecule has 1 atom stereocenters. The first-order chi connectivity index (χ1) is 8.67. The highest BCUT2D eigenvalue weighted by Gasteiger charge is 2.31. The fraction of sp³-hybridized carbons (Fsp3) is 0.500. The Labute approximate surface area is 113 Å². The first-order valence-corrected chi connectivity index (χ1v) is 6.70. The standard InChI is InChI=1S/C14H18ClNO2/c1-10-5-6-13(18-2)11(8-10)12-4-3-7-16(12)14(17)9-15/h5-6,8,12H,3-4,7,9H2,1-2H3. The van der Waals surface area contributed by atoms with Gasteiger partial charge in [0.05, 0.1) is 13.2 Å². The molecule has 0 saturated carbocycles. The normalized spacial score (nSPS) is 19.1. The molecule has 1 aliphatic heterocycles. The second-order valence-electron chi connectivity index (χ2n) is 4.62. The highest BCUT2D eigenvalue weighted by Crippen LogP contribution is 2.37. The van der Waals surface area contributed by atoms with E-state index in [0.717, 1.165) is 30.7 Å². The fourth-order valence-electron chi connectivity index (χ4n) is 2.58. The van der Waals surface area contributed by atoms with E-state index in [-0.39, 0.29) is 17.8 Å². The van der Waals surface area contributed by atoms with Gasteiger partial charge in [-0.3, -0.25) is 4.79 Å². The monoisotopic (exact) mass is 267 g/mol. The average molecular weight is 268 g/mol. The van der Waals surface area contributed by atoms with Gasteiger partial charge < -0.3 is 9.64 Å². The predicted octanol–water partition coefficient (Wildman–Crippen LogP) is 2.91. The molecular formula is C14H18ClNO2. The maximum atomic E-state index is 11.8. The molecule has 0 aliphatic carbocycles. The number of methoxy groups -OCH3 is 1. The molecular weight excluding hydrogens is 250 g/mol. The summed E-state index contributed by atoms with van der Waals surface area (Å²) in [5.74, 6) is 0.896. The number of carbonyl (C=O) groups excluding carboxylic acids is 1. The van der Waals surface area contributed by atoms with Gasteiger partial charge >= 0.3 is 0 Å². The van der Waals surface area contributed by atoms with Crippen LogP contribution in [-0.2, 0) is 4.79 Å². The Morgan fingerprint density at radius 3 is 3.00 bits per heavy atom. The molecule has 1 fully saturated rings. The topological polar surface area (TPSA) is 29.5 Å². The smallest absolute Gasteiger partial charge is 0.238 e. The molecule has 1 amide bonds. The third kappa shape index (κ3) is 2.46. The van der Waals surface area contributed by atoms with E-state index < -0.39 is 0 Å². The fourth-order valence-corrected chi connectivity index (χ4v) is 2.73. The molecule has 1 aliphatic rings. The molecule has 98 valence electrons. The first kappa shape index (κ1) is 13.2. The molecule has 2 rings (SSSR count). The van der Waals surface area contributed by atoms with Crippen molar-refractivity contribution in [2.24, 2.45) is 0 Å². The molecule has 1 aromatic carbocycles. The van der Waals surface area contributed by atoms with Crippen molar-refractivity contribution >= 4 is 17.5 Å². The van der Waals surface area contributed by atoms with Crippen LogP contribution in [-0.4, -0.2) is 30.3 Å². The van der Waals surface area contributed by atoms with Crippen LogP contribution in [0.2, 0.25) is 0 Å². The van der Waals surface area contributed by atoms with E-state index in [0.29, 0.717) is 0 Å². The van der Waals surface area contributed by atoms with Gasteiger partial charge in [-0.15, -0.1) is 11.6 Å². The zero-order valence-electron chi connectivity index (χ0n) is 10.8. The number of aryl methyl sites for hydroxylation is 1. The van der Waals surface area contributed by atoms with Crippen LogP contribution in [0.3, 0.4) is 0 Å². The van der Waals surface area contributed by atoms with Crippen molar-refractivity contribution in [2.45, 2.75) is 25.8 Å². The van der Waals surface area contributed by atoms with Gasteiger partial charge in [0, 0.05) is 12.1 Å². The van der Waals surface area contributed by atoms with E-state index in [1.807, 2.05) is 24.0 Å². The summed E-state index contributed by atoms with van der Waals surface area (Å²) in [6.45, 7) is 2.83. The molecule has 1 saturated heterocycles. The van der Waals surface area contributed by atoms with Crippen LogP contribution in [0.25, 0.3) is 0 Å². The minimum absolute atomic E-state index is 0.00252. The summed E-state index contributed by atoms with van der Waals surface area (Å²) in [5.41, 5.74) is 2.27. The van der Waals surface area contributed by atoms with E-state index in [9.17, 15) is 4.79 Å². The first-order valence-electron chi connectivity index (χ1n) is 6.17. The number of ether oxygens (including phenoxy) is 1. The Kier molecular flexibility index (Phi) is 4.12. The number of alkyl halides is 1. The van der Waals surface area contributed by atoms with Gasteiger partial charge in [0.25, 0.3) is 0 Å². The van der Waals surface area contributed by atoms with Crippen LogP contribution in [0.5, 0.6) is 5.75 Å². The summed E-state index contributed by atoms with van der Waals surface area (Å²) >= 11 is 5.67. The number of halogens is 1. The second-order valence-corrected chi connectivity index (χ2v) is 4.89. The predicted molar refractivity (Wildman–Crippen MR) is 72.1 cm³/mol. The zero-order valence-corrected chi connectivity index (χ0v) is 11.5. The SMILES string of the molecule is COc1ccc(C)cc1C1CCCN1C(=O)CCl. The Hall–Kier alpha value is -1.22. The summed E-state index contributed by atoms with van der Waals surface area (Å²) in [6, 6.07) is 6.19. The van der Waals surface area contributed by atoms with Gasteiger partial charge in [-0.05, 0) is 25.8 Å². The highest BCUT2D eigenvalue weighted by molar-refractivity contribution is 6.27. The lowest BCUT2D eigenvalue weighted by Gasteiger charge is -2.26. The minimum atomic E-state index is 0.00252. The van der Waals surface area contributed by atoms with Crippen molar-refractivity contribution in [1.82, 2.24) is 4.90 Å². The quantitative estimate of drug-likeness (QED) is 0.788. The number of nitrogens with zero attached hydrogens (tertiary/aromatic N) is 1. The summed E-state index contributed by atoms with van der Waals surface area (Å²) in [7, 11) is 1.66. The number of amides is 1. The molecule has 1 unspecified atom stereocenters. The maximum absolute atomic E-state index is 11.8. The van der Waals surface area contributed by atoms with Crippen molar-refractivity contribution in [3.63, 3.8) is 0 Å². The van der Waals surface area contributed by atoms with Gasteiger partial charge in [0.15, 0.2) is 0 Å². The van der Waals surface area contributed by atoms with Crippen molar-refractivity contribution in [1.29, 1.82) is 0 Å². The lowest BCUT2D eigenvalue weighted by molar-refractivity contribution is -0.129. The van der Waals surface area contributed by atoms with Crippen molar-refractivity contribution in [2.75, 3.05) is 19.5 Å². The van der Waals surface area contributed by atoms with E-state index in [4.69, 9.17) is 16.3 Å². The minimum Gasteiger partial charge on any atom is -0.496 e. The van der Waals surface area contributed by atoms with Gasteiger partial charge in [-0.2, -0.15) is 0 Å². The van der Waals surface area contributed by atoms with Crippen LogP contribution in [0, 0.1) is 6.92 Å². The van der Waals surface area contributed by atoms with Crippen LogP contribution in [0.4, 0.5) is 0 Å². The van der Waals surface area contributed by atoms with E-state index in [1.165, 1.54) is 5.56 Å². The molecule has 4 heteroatoms. The second kappa shape index (κ2) is 5.61. The van der Waals surface area contributed by atoms with Crippen LogP contribution in [0.1, 0.15) is 30.0 Å². The molecule has 18 heavy (non-hydrogen) atoms. The Balaban J connectivity index is 2.35. The van der Waals surface area contributed by atoms with Crippen molar-refractivity contribution in [3.05, 3.63) is 29.3 Å². The summed E-state index contributed by atoms with van der Waals surface area (Å²) in [6.07, 6.45) is 1.99. The lowest BCUT2D eigenvalue weighted by atomic mass is 10.0. The Morgan fingerprint density at radius 1 is 1.56 bits per heavy atom. The molecule has 0 aromatic heterocycles. The Bertz CT molecular complexity index is 447. The molecule has 0 bridgehead atoms. The van der Waals surface area contributed by atoms with E-state index in [2.05, 4.69) is 6.07 Å². The third-order valence-electron chi connectivity index (χ3n) is 3.43. The van der Waals surface area contributed by atoms with Gasteiger partial charge in [-0.25, -0.2) is 0 Å². The van der Waals surface area contributed by atoms with Gasteiger partial charge in [0.1, 0.15) is 11.6 Å². The van der Waals surface area contributed by atoms with E-state index in [1.54, 1.807) is 7.11 Å². The van der Waals surface area contributed by atoms with Crippen LogP contribution >= 0.6 is 11.6 Å². The maximum Gasteiger partial charge on any atom is 0.238 e. The number of likely N-dealkylation sites (tertiary alicyclic amines) is 1. The van der Waals surface area contributed by atoms with Gasteiger partial charge in [0.2, 0.25) is 5.91 Å². The van der Waals surface area contributed by atoms with Gasteiger partial charge in [-0.1, -0.05) is 17.7 Å². The molecule has 0 radical (unpaired) electrons. The number of benzene rings is 1. The third-order valence-corrected chi connectivity index (χ3v) is 3.66. The number of hydrogen-bond acceptors (Lipinski definition) is 2. The van der Waals surface area contributed by atoms with Crippen molar-refractivity contribution < 1.29 is 9.53 Å². The Morgan fingerprint density at radius 2 is 2.33 bits per heavy atom. The molecule has 0 N–H and O–H groups in total. The lowest BCUT2D eigenvalue weighted by Crippen LogP contribution is -2.31. The summed E-state index contributed by atoms with van der Waals surface area (Å²) in [5, 5.41) is 0. The molecule has 1 aromatic rings. The van der Waals surface area contributed by atoms with Crippen LogP contribution in [0.15, 0.2) is 18.2 Å². The molecule has 0 spiro atoms. The van der Waals surface area contributed by atoms with Crippen molar-refractivity contribution in [3.8, 4) is 5.75 Å².